The standard InChI is InChI=1S/C16H21FN2O/c1-19(14-7-5-13(17)6-8-14)15(20)16-9-3-2-4-12(16)10-18-11-16/h5-8,12,18H,2-4,9-11H2,1H3/t12-,16+/m0/s1. The molecule has 20 heavy (non-hydrogen) atoms. The third-order valence-electron chi connectivity index (χ3n) is 4.98. The zero-order chi connectivity index (χ0) is 14.2. The first-order chi connectivity index (χ1) is 9.63. The molecule has 1 heterocycles. The van der Waals surface area contributed by atoms with Gasteiger partial charge in [-0.15, -0.1) is 0 Å². The van der Waals surface area contributed by atoms with Crippen molar-refractivity contribution >= 4 is 11.6 Å². The van der Waals surface area contributed by atoms with E-state index in [-0.39, 0.29) is 17.1 Å². The van der Waals surface area contributed by atoms with Crippen LogP contribution in [0.4, 0.5) is 10.1 Å². The molecule has 1 saturated carbocycles. The molecular formula is C16H21FN2O. The Hall–Kier alpha value is -1.42. The Morgan fingerprint density at radius 1 is 1.35 bits per heavy atom. The molecule has 0 radical (unpaired) electrons. The van der Waals surface area contributed by atoms with Crippen molar-refractivity contribution in [2.45, 2.75) is 25.7 Å². The van der Waals surface area contributed by atoms with Crippen molar-refractivity contribution in [1.82, 2.24) is 5.32 Å². The Morgan fingerprint density at radius 3 is 2.85 bits per heavy atom. The van der Waals surface area contributed by atoms with Crippen LogP contribution in [0.15, 0.2) is 24.3 Å². The van der Waals surface area contributed by atoms with Gasteiger partial charge in [0.1, 0.15) is 5.82 Å². The number of rotatable bonds is 2. The minimum atomic E-state index is -0.272. The summed E-state index contributed by atoms with van der Waals surface area (Å²) in [5, 5.41) is 3.39. The van der Waals surface area contributed by atoms with Gasteiger partial charge in [0.2, 0.25) is 5.91 Å². The van der Waals surface area contributed by atoms with E-state index in [4.69, 9.17) is 0 Å². The molecule has 2 aliphatic rings. The number of halogens is 1. The Labute approximate surface area is 119 Å². The summed E-state index contributed by atoms with van der Waals surface area (Å²) in [6, 6.07) is 6.15. The molecule has 1 aliphatic carbocycles. The molecule has 4 heteroatoms. The molecule has 0 aromatic heterocycles. The smallest absolute Gasteiger partial charge is 0.234 e. The van der Waals surface area contributed by atoms with Gasteiger partial charge in [0, 0.05) is 19.3 Å². The second-order valence-corrected chi connectivity index (χ2v) is 6.07. The highest BCUT2D eigenvalue weighted by Gasteiger charge is 2.51. The highest BCUT2D eigenvalue weighted by atomic mass is 19.1. The topological polar surface area (TPSA) is 32.3 Å². The Kier molecular flexibility index (Phi) is 3.50. The van der Waals surface area contributed by atoms with Crippen molar-refractivity contribution in [3.05, 3.63) is 30.1 Å². The van der Waals surface area contributed by atoms with Crippen LogP contribution in [0.2, 0.25) is 0 Å². The van der Waals surface area contributed by atoms with Crippen LogP contribution in [0.25, 0.3) is 0 Å². The molecule has 1 aromatic rings. The van der Waals surface area contributed by atoms with Crippen LogP contribution in [0.1, 0.15) is 25.7 Å². The highest BCUT2D eigenvalue weighted by Crippen LogP contribution is 2.45. The summed E-state index contributed by atoms with van der Waals surface area (Å²) in [5.41, 5.74) is 0.517. The molecule has 0 bridgehead atoms. The number of nitrogens with zero attached hydrogens (tertiary/aromatic N) is 1. The molecule has 1 saturated heterocycles. The van der Waals surface area contributed by atoms with Crippen molar-refractivity contribution in [3.63, 3.8) is 0 Å². The van der Waals surface area contributed by atoms with E-state index >= 15 is 0 Å². The molecule has 1 aliphatic heterocycles. The summed E-state index contributed by atoms with van der Waals surface area (Å²) in [7, 11) is 1.80. The number of nitrogens with one attached hydrogen (secondary N) is 1. The van der Waals surface area contributed by atoms with E-state index in [0.29, 0.717) is 5.92 Å². The molecular weight excluding hydrogens is 255 g/mol. The molecule has 2 atom stereocenters. The van der Waals surface area contributed by atoms with Crippen molar-refractivity contribution < 1.29 is 9.18 Å². The fourth-order valence-electron chi connectivity index (χ4n) is 3.78. The lowest BCUT2D eigenvalue weighted by molar-refractivity contribution is -0.130. The minimum Gasteiger partial charge on any atom is -0.315 e. The van der Waals surface area contributed by atoms with Gasteiger partial charge in [0.25, 0.3) is 0 Å². The van der Waals surface area contributed by atoms with Crippen LogP contribution in [0.5, 0.6) is 0 Å². The number of hydrogen-bond acceptors (Lipinski definition) is 2. The predicted octanol–water partition coefficient (Wildman–Crippen LogP) is 2.57. The summed E-state index contributed by atoms with van der Waals surface area (Å²) >= 11 is 0. The zero-order valence-electron chi connectivity index (χ0n) is 11.9. The quantitative estimate of drug-likeness (QED) is 0.900. The van der Waals surface area contributed by atoms with E-state index in [2.05, 4.69) is 5.32 Å². The second-order valence-electron chi connectivity index (χ2n) is 6.07. The van der Waals surface area contributed by atoms with Gasteiger partial charge in [-0.1, -0.05) is 12.8 Å². The molecule has 108 valence electrons. The Bertz CT molecular complexity index is 502. The van der Waals surface area contributed by atoms with Crippen LogP contribution in [0, 0.1) is 17.2 Å². The van der Waals surface area contributed by atoms with Crippen LogP contribution >= 0.6 is 0 Å². The highest BCUT2D eigenvalue weighted by molar-refractivity contribution is 5.97. The normalized spacial score (nSPS) is 29.0. The van der Waals surface area contributed by atoms with E-state index in [1.165, 1.54) is 18.6 Å². The minimum absolute atomic E-state index is 0.179. The molecule has 1 aromatic carbocycles. The number of benzene rings is 1. The molecule has 1 N–H and O–H groups in total. The predicted molar refractivity (Wildman–Crippen MR) is 77.1 cm³/mol. The third-order valence-corrected chi connectivity index (χ3v) is 4.98. The van der Waals surface area contributed by atoms with E-state index < -0.39 is 0 Å². The van der Waals surface area contributed by atoms with Crippen LogP contribution < -0.4 is 10.2 Å². The average Bonchev–Trinajstić information content (AvgIpc) is 2.91. The van der Waals surface area contributed by atoms with Gasteiger partial charge in [-0.3, -0.25) is 4.79 Å². The van der Waals surface area contributed by atoms with Crippen molar-refractivity contribution in [1.29, 1.82) is 0 Å². The fourth-order valence-corrected chi connectivity index (χ4v) is 3.78. The molecule has 0 unspecified atom stereocenters. The Morgan fingerprint density at radius 2 is 2.10 bits per heavy atom. The number of hydrogen-bond donors (Lipinski definition) is 1. The van der Waals surface area contributed by atoms with Crippen LogP contribution in [-0.2, 0) is 4.79 Å². The van der Waals surface area contributed by atoms with E-state index in [1.807, 2.05) is 0 Å². The maximum atomic E-state index is 13.0. The molecule has 3 nitrogen and oxygen atoms in total. The lowest BCUT2D eigenvalue weighted by atomic mass is 9.67. The molecule has 1 amide bonds. The van der Waals surface area contributed by atoms with Crippen molar-refractivity contribution in [2.75, 3.05) is 25.0 Å². The van der Waals surface area contributed by atoms with Crippen LogP contribution in [0.3, 0.4) is 0 Å². The van der Waals surface area contributed by atoms with Gasteiger partial charge in [-0.2, -0.15) is 0 Å². The third kappa shape index (κ3) is 2.12. The van der Waals surface area contributed by atoms with Gasteiger partial charge in [0.15, 0.2) is 0 Å². The number of carbonyl (C=O) groups excluding carboxylic acids is 1. The van der Waals surface area contributed by atoms with Crippen molar-refractivity contribution in [3.8, 4) is 0 Å². The molecule has 0 spiro atoms. The first-order valence-corrected chi connectivity index (χ1v) is 7.38. The van der Waals surface area contributed by atoms with Crippen LogP contribution in [-0.4, -0.2) is 26.0 Å². The first-order valence-electron chi connectivity index (χ1n) is 7.38. The van der Waals surface area contributed by atoms with Gasteiger partial charge >= 0.3 is 0 Å². The number of carbonyl (C=O) groups is 1. The van der Waals surface area contributed by atoms with E-state index in [0.717, 1.165) is 38.0 Å². The van der Waals surface area contributed by atoms with Gasteiger partial charge in [-0.25, -0.2) is 4.39 Å². The molecule has 3 rings (SSSR count). The maximum absolute atomic E-state index is 13.0. The number of anilines is 1. The fraction of sp³-hybridized carbons (Fsp3) is 0.562. The average molecular weight is 276 g/mol. The Balaban J connectivity index is 1.85. The molecule has 2 fully saturated rings. The summed E-state index contributed by atoms with van der Waals surface area (Å²) in [6.07, 6.45) is 4.45. The monoisotopic (exact) mass is 276 g/mol. The number of fused-ring (bicyclic) bond motifs is 1. The lowest BCUT2D eigenvalue weighted by Gasteiger charge is -2.39. The van der Waals surface area contributed by atoms with E-state index in [1.54, 1.807) is 24.1 Å². The van der Waals surface area contributed by atoms with Crippen molar-refractivity contribution in [2.24, 2.45) is 11.3 Å². The SMILES string of the molecule is CN(C(=O)[C@@]12CCCC[C@H]1CNC2)c1ccc(F)cc1. The second kappa shape index (κ2) is 5.17. The number of amides is 1. The first kappa shape index (κ1) is 13.6. The largest absolute Gasteiger partial charge is 0.315 e. The summed E-state index contributed by atoms with van der Waals surface area (Å²) in [4.78, 5) is 14.7. The summed E-state index contributed by atoms with van der Waals surface area (Å²) < 4.78 is 13.0. The van der Waals surface area contributed by atoms with Gasteiger partial charge in [-0.05, 0) is 49.6 Å². The zero-order valence-corrected chi connectivity index (χ0v) is 11.9. The maximum Gasteiger partial charge on any atom is 0.234 e. The van der Waals surface area contributed by atoms with Gasteiger partial charge in [0.05, 0.1) is 5.41 Å². The lowest BCUT2D eigenvalue weighted by Crippen LogP contribution is -2.48. The van der Waals surface area contributed by atoms with E-state index in [9.17, 15) is 9.18 Å². The summed E-state index contributed by atoms with van der Waals surface area (Å²) in [5.74, 6) is 0.358. The van der Waals surface area contributed by atoms with Gasteiger partial charge < -0.3 is 10.2 Å². The summed E-state index contributed by atoms with van der Waals surface area (Å²) in [6.45, 7) is 1.73.